The third-order valence-electron chi connectivity index (χ3n) is 4.12. The quantitative estimate of drug-likeness (QED) is 0.909. The van der Waals surface area contributed by atoms with Crippen LogP contribution in [0.1, 0.15) is 18.1 Å². The zero-order chi connectivity index (χ0) is 16.4. The largest absolute Gasteiger partial charge is 0.332 e. The molecule has 2 aromatic rings. The second-order valence-corrected chi connectivity index (χ2v) is 7.62. The van der Waals surface area contributed by atoms with Gasteiger partial charge in [0.1, 0.15) is 0 Å². The number of carbonyl (C=O) groups excluding carboxylic acids is 1. The van der Waals surface area contributed by atoms with Crippen LogP contribution in [-0.4, -0.2) is 22.0 Å². The topological polar surface area (TPSA) is 58.2 Å². The van der Waals surface area contributed by atoms with Gasteiger partial charge in [-0.1, -0.05) is 30.3 Å². The number of fused-ring (bicyclic) bond motifs is 1. The van der Waals surface area contributed by atoms with Gasteiger partial charge in [-0.25, -0.2) is 4.79 Å². The SMILES string of the molecule is CS(=O)c1cccc(NC(=O)NC2(C)Cc3ccccc3C2)c1. The summed E-state index contributed by atoms with van der Waals surface area (Å²) in [7, 11) is -1.07. The van der Waals surface area contributed by atoms with E-state index in [1.807, 2.05) is 12.1 Å². The Labute approximate surface area is 138 Å². The first-order chi connectivity index (χ1) is 11.0. The Morgan fingerprint density at radius 1 is 1.09 bits per heavy atom. The molecule has 0 saturated heterocycles. The first-order valence-electron chi connectivity index (χ1n) is 7.55. The van der Waals surface area contributed by atoms with Gasteiger partial charge in [0, 0.05) is 33.2 Å². The van der Waals surface area contributed by atoms with E-state index in [9.17, 15) is 9.00 Å². The number of anilines is 1. The van der Waals surface area contributed by atoms with Gasteiger partial charge in [-0.3, -0.25) is 4.21 Å². The van der Waals surface area contributed by atoms with Gasteiger partial charge in [-0.15, -0.1) is 0 Å². The van der Waals surface area contributed by atoms with Crippen LogP contribution in [0.5, 0.6) is 0 Å². The number of hydrogen-bond acceptors (Lipinski definition) is 2. The molecule has 0 aromatic heterocycles. The Kier molecular flexibility index (Phi) is 4.22. The maximum Gasteiger partial charge on any atom is 0.319 e. The number of nitrogens with one attached hydrogen (secondary N) is 2. The van der Waals surface area contributed by atoms with Crippen LogP contribution in [-0.2, 0) is 23.6 Å². The van der Waals surface area contributed by atoms with Crippen molar-refractivity contribution in [2.75, 3.05) is 11.6 Å². The molecule has 120 valence electrons. The van der Waals surface area contributed by atoms with Crippen LogP contribution in [0.15, 0.2) is 53.4 Å². The second-order valence-electron chi connectivity index (χ2n) is 6.24. The lowest BCUT2D eigenvalue weighted by atomic mass is 9.99. The number of rotatable bonds is 3. The molecule has 0 aliphatic heterocycles. The van der Waals surface area contributed by atoms with Crippen molar-refractivity contribution >= 4 is 22.5 Å². The van der Waals surface area contributed by atoms with Crippen LogP contribution < -0.4 is 10.6 Å². The highest BCUT2D eigenvalue weighted by Gasteiger charge is 2.33. The van der Waals surface area contributed by atoms with E-state index < -0.39 is 10.8 Å². The predicted octanol–water partition coefficient (Wildman–Crippen LogP) is 3.10. The standard InChI is InChI=1S/C18H20N2O2S/c1-18(11-13-6-3-4-7-14(13)12-18)20-17(21)19-15-8-5-9-16(10-15)23(2)22/h3-10H,11-12H2,1-2H3,(H2,19,20,21). The molecule has 2 aromatic carbocycles. The molecule has 2 amide bonds. The van der Waals surface area contributed by atoms with Gasteiger partial charge in [0.05, 0.1) is 0 Å². The van der Waals surface area contributed by atoms with E-state index in [1.165, 1.54) is 11.1 Å². The highest BCUT2D eigenvalue weighted by Crippen LogP contribution is 2.29. The van der Waals surface area contributed by atoms with Crippen molar-refractivity contribution in [2.45, 2.75) is 30.2 Å². The maximum atomic E-state index is 12.3. The fourth-order valence-corrected chi connectivity index (χ4v) is 3.65. The molecule has 5 heteroatoms. The summed E-state index contributed by atoms with van der Waals surface area (Å²) in [6.07, 6.45) is 3.28. The van der Waals surface area contributed by atoms with E-state index in [2.05, 4.69) is 29.7 Å². The average Bonchev–Trinajstić information content (AvgIpc) is 2.82. The molecule has 0 spiro atoms. The van der Waals surface area contributed by atoms with Gasteiger partial charge in [0.25, 0.3) is 0 Å². The second kappa shape index (κ2) is 6.16. The minimum Gasteiger partial charge on any atom is -0.332 e. The minimum atomic E-state index is -1.07. The molecular formula is C18H20N2O2S. The van der Waals surface area contributed by atoms with Gasteiger partial charge in [-0.05, 0) is 49.1 Å². The van der Waals surface area contributed by atoms with Gasteiger partial charge in [-0.2, -0.15) is 0 Å². The molecule has 0 fully saturated rings. The van der Waals surface area contributed by atoms with Crippen molar-refractivity contribution < 1.29 is 9.00 Å². The van der Waals surface area contributed by atoms with Crippen molar-refractivity contribution in [2.24, 2.45) is 0 Å². The molecule has 2 N–H and O–H groups in total. The monoisotopic (exact) mass is 328 g/mol. The number of benzene rings is 2. The van der Waals surface area contributed by atoms with Gasteiger partial charge < -0.3 is 10.6 Å². The molecule has 3 rings (SSSR count). The summed E-state index contributed by atoms with van der Waals surface area (Å²) in [6, 6.07) is 15.2. The van der Waals surface area contributed by atoms with E-state index in [0.717, 1.165) is 12.8 Å². The maximum absolute atomic E-state index is 12.3. The van der Waals surface area contributed by atoms with Crippen molar-refractivity contribution in [3.05, 3.63) is 59.7 Å². The molecule has 1 aliphatic carbocycles. The summed E-state index contributed by atoms with van der Waals surface area (Å²) >= 11 is 0. The van der Waals surface area contributed by atoms with Crippen LogP contribution in [0, 0.1) is 0 Å². The third-order valence-corrected chi connectivity index (χ3v) is 5.04. The molecule has 0 heterocycles. The molecule has 4 nitrogen and oxygen atoms in total. The lowest BCUT2D eigenvalue weighted by Crippen LogP contribution is -2.48. The lowest BCUT2D eigenvalue weighted by molar-refractivity contribution is 0.240. The first-order valence-corrected chi connectivity index (χ1v) is 9.10. The summed E-state index contributed by atoms with van der Waals surface area (Å²) in [5, 5.41) is 5.91. The third kappa shape index (κ3) is 3.62. The molecule has 0 radical (unpaired) electrons. The number of hydrogen-bond donors (Lipinski definition) is 2. The van der Waals surface area contributed by atoms with E-state index >= 15 is 0 Å². The fraction of sp³-hybridized carbons (Fsp3) is 0.278. The van der Waals surface area contributed by atoms with Crippen LogP contribution in [0.3, 0.4) is 0 Å². The van der Waals surface area contributed by atoms with E-state index in [0.29, 0.717) is 10.6 Å². The van der Waals surface area contributed by atoms with Crippen molar-refractivity contribution in [1.82, 2.24) is 5.32 Å². The summed E-state index contributed by atoms with van der Waals surface area (Å²) in [6.45, 7) is 2.06. The molecular weight excluding hydrogens is 308 g/mol. The Balaban J connectivity index is 1.66. The van der Waals surface area contributed by atoms with Crippen molar-refractivity contribution in [1.29, 1.82) is 0 Å². The summed E-state index contributed by atoms with van der Waals surface area (Å²) in [5.74, 6) is 0. The number of urea groups is 1. The smallest absolute Gasteiger partial charge is 0.319 e. The summed E-state index contributed by atoms with van der Waals surface area (Å²) in [4.78, 5) is 13.0. The summed E-state index contributed by atoms with van der Waals surface area (Å²) in [5.41, 5.74) is 2.95. The normalized spacial score (nSPS) is 16.4. The fourth-order valence-electron chi connectivity index (χ4n) is 3.08. The Morgan fingerprint density at radius 3 is 2.35 bits per heavy atom. The van der Waals surface area contributed by atoms with Crippen LogP contribution in [0.4, 0.5) is 10.5 Å². The molecule has 0 saturated carbocycles. The predicted molar refractivity (Wildman–Crippen MR) is 93.2 cm³/mol. The first kappa shape index (κ1) is 15.7. The number of amides is 2. The zero-order valence-electron chi connectivity index (χ0n) is 13.3. The highest BCUT2D eigenvalue weighted by atomic mass is 32.2. The molecule has 1 atom stereocenters. The summed E-state index contributed by atoms with van der Waals surface area (Å²) < 4.78 is 11.5. The Morgan fingerprint density at radius 2 is 1.74 bits per heavy atom. The molecule has 1 unspecified atom stereocenters. The van der Waals surface area contributed by atoms with Crippen LogP contribution >= 0.6 is 0 Å². The highest BCUT2D eigenvalue weighted by molar-refractivity contribution is 7.84. The van der Waals surface area contributed by atoms with Gasteiger partial charge >= 0.3 is 6.03 Å². The zero-order valence-corrected chi connectivity index (χ0v) is 14.1. The van der Waals surface area contributed by atoms with Crippen molar-refractivity contribution in [3.8, 4) is 0 Å². The van der Waals surface area contributed by atoms with Crippen LogP contribution in [0.2, 0.25) is 0 Å². The van der Waals surface area contributed by atoms with E-state index in [-0.39, 0.29) is 11.6 Å². The van der Waals surface area contributed by atoms with Gasteiger partial charge in [0.2, 0.25) is 0 Å². The molecule has 0 bridgehead atoms. The van der Waals surface area contributed by atoms with Crippen molar-refractivity contribution in [3.63, 3.8) is 0 Å². The molecule has 23 heavy (non-hydrogen) atoms. The Hall–Kier alpha value is -2.14. The molecule has 1 aliphatic rings. The van der Waals surface area contributed by atoms with Gasteiger partial charge in [0.15, 0.2) is 0 Å². The minimum absolute atomic E-state index is 0.237. The number of carbonyl (C=O) groups is 1. The van der Waals surface area contributed by atoms with E-state index in [1.54, 1.807) is 30.5 Å². The van der Waals surface area contributed by atoms with E-state index in [4.69, 9.17) is 0 Å². The lowest BCUT2D eigenvalue weighted by Gasteiger charge is -2.25. The average molecular weight is 328 g/mol. The Bertz CT molecular complexity index is 748. The van der Waals surface area contributed by atoms with Crippen LogP contribution in [0.25, 0.3) is 0 Å².